The SMILES string of the molecule is NCCCCCCOCCOCCOCCCO. The van der Waals surface area contributed by atoms with Gasteiger partial charge in [0, 0.05) is 19.8 Å². The number of unbranched alkanes of at least 4 members (excludes halogenated alkanes) is 3. The smallest absolute Gasteiger partial charge is 0.0701 e. The van der Waals surface area contributed by atoms with Gasteiger partial charge >= 0.3 is 0 Å². The van der Waals surface area contributed by atoms with E-state index in [-0.39, 0.29) is 6.61 Å². The Morgan fingerprint density at radius 3 is 1.67 bits per heavy atom. The van der Waals surface area contributed by atoms with Crippen molar-refractivity contribution in [2.24, 2.45) is 5.73 Å². The average Bonchev–Trinajstić information content (AvgIpc) is 2.39. The molecule has 0 fully saturated rings. The summed E-state index contributed by atoms with van der Waals surface area (Å²) in [4.78, 5) is 0. The highest BCUT2D eigenvalue weighted by Gasteiger charge is 1.92. The van der Waals surface area contributed by atoms with Crippen molar-refractivity contribution in [3.05, 3.63) is 0 Å². The van der Waals surface area contributed by atoms with Crippen LogP contribution in [0.3, 0.4) is 0 Å². The van der Waals surface area contributed by atoms with Gasteiger partial charge in [0.25, 0.3) is 0 Å². The minimum Gasteiger partial charge on any atom is -0.396 e. The molecule has 0 saturated heterocycles. The number of aliphatic hydroxyl groups excluding tert-OH is 1. The van der Waals surface area contributed by atoms with E-state index >= 15 is 0 Å². The van der Waals surface area contributed by atoms with Crippen LogP contribution in [0.15, 0.2) is 0 Å². The molecule has 0 rings (SSSR count). The number of hydrogen-bond donors (Lipinski definition) is 2. The Labute approximate surface area is 111 Å². The van der Waals surface area contributed by atoms with Crippen LogP contribution in [0.5, 0.6) is 0 Å². The molecule has 0 aliphatic heterocycles. The lowest BCUT2D eigenvalue weighted by Crippen LogP contribution is -2.10. The van der Waals surface area contributed by atoms with E-state index in [9.17, 15) is 0 Å². The first-order chi connectivity index (χ1) is 8.91. The fraction of sp³-hybridized carbons (Fsp3) is 1.00. The Bertz CT molecular complexity index is 131. The van der Waals surface area contributed by atoms with Crippen molar-refractivity contribution in [2.45, 2.75) is 32.1 Å². The fourth-order valence-corrected chi connectivity index (χ4v) is 1.41. The summed E-state index contributed by atoms with van der Waals surface area (Å²) in [5, 5.41) is 8.52. The van der Waals surface area contributed by atoms with Gasteiger partial charge in [-0.2, -0.15) is 0 Å². The van der Waals surface area contributed by atoms with Gasteiger partial charge in [-0.1, -0.05) is 12.8 Å². The van der Waals surface area contributed by atoms with Gasteiger partial charge in [0.15, 0.2) is 0 Å². The van der Waals surface area contributed by atoms with Crippen LogP contribution in [0.1, 0.15) is 32.1 Å². The molecule has 18 heavy (non-hydrogen) atoms. The molecule has 5 heteroatoms. The Balaban J connectivity index is 2.86. The molecular formula is C13H29NO4. The lowest BCUT2D eigenvalue weighted by Gasteiger charge is -2.06. The quantitative estimate of drug-likeness (QED) is 0.430. The van der Waals surface area contributed by atoms with Crippen molar-refractivity contribution in [3.8, 4) is 0 Å². The molecule has 0 aliphatic carbocycles. The number of ether oxygens (including phenoxy) is 3. The van der Waals surface area contributed by atoms with Crippen LogP contribution in [0.2, 0.25) is 0 Å². The summed E-state index contributed by atoms with van der Waals surface area (Å²) in [5.74, 6) is 0. The highest BCUT2D eigenvalue weighted by atomic mass is 16.5. The van der Waals surface area contributed by atoms with Gasteiger partial charge in [-0.25, -0.2) is 0 Å². The van der Waals surface area contributed by atoms with E-state index in [0.717, 1.165) is 26.0 Å². The average molecular weight is 263 g/mol. The zero-order chi connectivity index (χ0) is 13.3. The summed E-state index contributed by atoms with van der Waals surface area (Å²) >= 11 is 0. The van der Waals surface area contributed by atoms with E-state index in [1.54, 1.807) is 0 Å². The van der Waals surface area contributed by atoms with Gasteiger partial charge in [-0.05, 0) is 25.8 Å². The molecule has 0 heterocycles. The van der Waals surface area contributed by atoms with Crippen LogP contribution >= 0.6 is 0 Å². The first kappa shape index (κ1) is 17.8. The van der Waals surface area contributed by atoms with Crippen molar-refractivity contribution < 1.29 is 19.3 Å². The van der Waals surface area contributed by atoms with Crippen molar-refractivity contribution in [3.63, 3.8) is 0 Å². The third-order valence-corrected chi connectivity index (χ3v) is 2.43. The molecule has 0 unspecified atom stereocenters. The maximum atomic E-state index is 8.52. The Kier molecular flexibility index (Phi) is 16.6. The maximum Gasteiger partial charge on any atom is 0.0701 e. The van der Waals surface area contributed by atoms with Crippen molar-refractivity contribution in [1.82, 2.24) is 0 Å². The molecule has 0 amide bonds. The van der Waals surface area contributed by atoms with Gasteiger partial charge in [0.05, 0.1) is 26.4 Å². The Hall–Kier alpha value is -0.200. The summed E-state index contributed by atoms with van der Waals surface area (Å²) in [5.41, 5.74) is 5.41. The monoisotopic (exact) mass is 263 g/mol. The molecule has 110 valence electrons. The summed E-state index contributed by atoms with van der Waals surface area (Å²) in [6, 6.07) is 0. The molecule has 3 N–H and O–H groups in total. The van der Waals surface area contributed by atoms with E-state index in [1.807, 2.05) is 0 Å². The molecule has 0 spiro atoms. The topological polar surface area (TPSA) is 73.9 Å². The first-order valence-corrected chi connectivity index (χ1v) is 6.96. The molecule has 0 radical (unpaired) electrons. The number of hydrogen-bond acceptors (Lipinski definition) is 5. The van der Waals surface area contributed by atoms with E-state index in [0.29, 0.717) is 39.5 Å². The van der Waals surface area contributed by atoms with E-state index in [1.165, 1.54) is 12.8 Å². The van der Waals surface area contributed by atoms with Crippen LogP contribution in [-0.2, 0) is 14.2 Å². The van der Waals surface area contributed by atoms with Gasteiger partial charge in [0.2, 0.25) is 0 Å². The zero-order valence-corrected chi connectivity index (χ0v) is 11.4. The van der Waals surface area contributed by atoms with Crippen LogP contribution in [-0.4, -0.2) is 57.9 Å². The van der Waals surface area contributed by atoms with Crippen molar-refractivity contribution in [1.29, 1.82) is 0 Å². The highest BCUT2D eigenvalue weighted by molar-refractivity contribution is 4.43. The number of nitrogens with two attached hydrogens (primary N) is 1. The normalized spacial score (nSPS) is 11.0. The van der Waals surface area contributed by atoms with Gasteiger partial charge in [-0.3, -0.25) is 0 Å². The molecule has 0 aliphatic rings. The molecule has 0 aromatic heterocycles. The maximum absolute atomic E-state index is 8.52. The van der Waals surface area contributed by atoms with Crippen LogP contribution < -0.4 is 5.73 Å². The second-order valence-corrected chi connectivity index (χ2v) is 4.12. The van der Waals surface area contributed by atoms with Crippen molar-refractivity contribution >= 4 is 0 Å². The zero-order valence-electron chi connectivity index (χ0n) is 11.4. The minimum atomic E-state index is 0.181. The van der Waals surface area contributed by atoms with Gasteiger partial charge in [-0.15, -0.1) is 0 Å². The first-order valence-electron chi connectivity index (χ1n) is 6.96. The standard InChI is InChI=1S/C13H29NO4/c14-6-3-1-2-4-8-16-10-12-18-13-11-17-9-5-7-15/h15H,1-14H2. The molecule has 0 atom stereocenters. The lowest BCUT2D eigenvalue weighted by atomic mass is 10.2. The molecule has 0 bridgehead atoms. The molecule has 0 aromatic carbocycles. The van der Waals surface area contributed by atoms with Crippen molar-refractivity contribution in [2.75, 3.05) is 52.8 Å². The summed E-state index contributed by atoms with van der Waals surface area (Å²) < 4.78 is 16.0. The highest BCUT2D eigenvalue weighted by Crippen LogP contribution is 1.98. The third-order valence-electron chi connectivity index (χ3n) is 2.43. The van der Waals surface area contributed by atoms with Gasteiger partial charge in [0.1, 0.15) is 0 Å². The Morgan fingerprint density at radius 2 is 1.11 bits per heavy atom. The Morgan fingerprint density at radius 1 is 0.611 bits per heavy atom. The summed E-state index contributed by atoms with van der Waals surface area (Å²) in [6.45, 7) is 4.80. The second-order valence-electron chi connectivity index (χ2n) is 4.12. The summed E-state index contributed by atoms with van der Waals surface area (Å²) in [7, 11) is 0. The second kappa shape index (κ2) is 16.8. The van der Waals surface area contributed by atoms with E-state index in [4.69, 9.17) is 25.1 Å². The lowest BCUT2D eigenvalue weighted by molar-refractivity contribution is 0.0117. The van der Waals surface area contributed by atoms with Crippen LogP contribution in [0.4, 0.5) is 0 Å². The number of rotatable bonds is 15. The van der Waals surface area contributed by atoms with E-state index < -0.39 is 0 Å². The molecule has 0 aromatic rings. The summed E-state index contributed by atoms with van der Waals surface area (Å²) in [6.07, 6.45) is 5.29. The molecule has 0 saturated carbocycles. The van der Waals surface area contributed by atoms with Crippen LogP contribution in [0.25, 0.3) is 0 Å². The largest absolute Gasteiger partial charge is 0.396 e. The van der Waals surface area contributed by atoms with Crippen LogP contribution in [0, 0.1) is 0 Å². The predicted molar refractivity (Wildman–Crippen MR) is 71.7 cm³/mol. The fourth-order valence-electron chi connectivity index (χ4n) is 1.41. The predicted octanol–water partition coefficient (Wildman–Crippen LogP) is 0.938. The van der Waals surface area contributed by atoms with E-state index in [2.05, 4.69) is 0 Å². The molecule has 5 nitrogen and oxygen atoms in total. The third kappa shape index (κ3) is 15.8. The number of aliphatic hydroxyl groups is 1. The van der Waals surface area contributed by atoms with Gasteiger partial charge < -0.3 is 25.1 Å². The minimum absolute atomic E-state index is 0.181. The molecular weight excluding hydrogens is 234 g/mol.